The average Bonchev–Trinajstić information content (AvgIpc) is 2.82. The number of nitrogens with zero attached hydrogens (tertiary/aromatic N) is 2. The molecule has 31 heavy (non-hydrogen) atoms. The monoisotopic (exact) mass is 418 g/mol. The molecule has 0 saturated carbocycles. The third-order valence-electron chi connectivity index (χ3n) is 4.82. The Bertz CT molecular complexity index is 895. The van der Waals surface area contributed by atoms with Crippen LogP contribution in [0.3, 0.4) is 0 Å². The molecule has 0 fully saturated rings. The summed E-state index contributed by atoms with van der Waals surface area (Å²) in [4.78, 5) is 7.93. The van der Waals surface area contributed by atoms with Gasteiger partial charge >= 0.3 is 0 Å². The van der Waals surface area contributed by atoms with Crippen LogP contribution >= 0.6 is 0 Å². The van der Waals surface area contributed by atoms with Crippen molar-refractivity contribution < 1.29 is 4.74 Å². The molecule has 2 aromatic carbocycles. The summed E-state index contributed by atoms with van der Waals surface area (Å²) in [6.07, 6.45) is 7.06. The molecule has 0 atom stereocenters. The highest BCUT2D eigenvalue weighted by Crippen LogP contribution is 2.14. The molecular formula is C26H34N4O. The number of aryl methyl sites for hydroxylation is 2. The van der Waals surface area contributed by atoms with Crippen LogP contribution in [0, 0.1) is 6.92 Å². The first-order valence-corrected chi connectivity index (χ1v) is 10.7. The summed E-state index contributed by atoms with van der Waals surface area (Å²) in [7, 11) is 1.88. The Balaban J connectivity index is 0.000000357. The molecule has 0 aliphatic rings. The van der Waals surface area contributed by atoms with Gasteiger partial charge < -0.3 is 15.4 Å². The van der Waals surface area contributed by atoms with Crippen molar-refractivity contribution in [2.24, 2.45) is 0 Å². The van der Waals surface area contributed by atoms with Gasteiger partial charge in [0.25, 0.3) is 0 Å². The maximum absolute atomic E-state index is 5.84. The normalized spacial score (nSPS) is 10.0. The van der Waals surface area contributed by atoms with E-state index in [2.05, 4.69) is 77.4 Å². The molecule has 164 valence electrons. The summed E-state index contributed by atoms with van der Waals surface area (Å²) in [6.45, 7) is 10.4. The Labute approximate surface area is 186 Å². The van der Waals surface area contributed by atoms with Gasteiger partial charge in [0.2, 0.25) is 0 Å². The zero-order valence-corrected chi connectivity index (χ0v) is 18.9. The van der Waals surface area contributed by atoms with Gasteiger partial charge in [0.15, 0.2) is 0 Å². The molecule has 0 spiro atoms. The van der Waals surface area contributed by atoms with Crippen LogP contribution in [0.1, 0.15) is 29.3 Å². The van der Waals surface area contributed by atoms with Gasteiger partial charge in [-0.2, -0.15) is 0 Å². The molecule has 0 aliphatic heterocycles. The van der Waals surface area contributed by atoms with Gasteiger partial charge in [0, 0.05) is 50.8 Å². The number of benzene rings is 2. The first-order valence-electron chi connectivity index (χ1n) is 10.7. The van der Waals surface area contributed by atoms with E-state index in [0.717, 1.165) is 43.1 Å². The van der Waals surface area contributed by atoms with E-state index in [1.807, 2.05) is 19.2 Å². The molecule has 0 bridgehead atoms. The van der Waals surface area contributed by atoms with Crippen molar-refractivity contribution in [3.8, 4) is 5.75 Å². The van der Waals surface area contributed by atoms with Crippen LogP contribution in [0.5, 0.6) is 5.75 Å². The molecule has 5 heteroatoms. The Morgan fingerprint density at radius 2 is 1.84 bits per heavy atom. The number of ether oxygens (including phenoxy) is 1. The summed E-state index contributed by atoms with van der Waals surface area (Å²) in [5, 5.41) is 6.36. The fraction of sp³-hybridized carbons (Fsp3) is 0.308. The second-order valence-electron chi connectivity index (χ2n) is 7.18. The molecule has 3 rings (SSSR count). The van der Waals surface area contributed by atoms with Crippen molar-refractivity contribution in [1.82, 2.24) is 20.6 Å². The zero-order valence-electron chi connectivity index (χ0n) is 18.9. The van der Waals surface area contributed by atoms with Gasteiger partial charge in [0.1, 0.15) is 5.75 Å². The summed E-state index contributed by atoms with van der Waals surface area (Å²) < 4.78 is 5.84. The fourth-order valence-corrected chi connectivity index (χ4v) is 2.83. The van der Waals surface area contributed by atoms with Crippen molar-refractivity contribution in [3.05, 3.63) is 102 Å². The van der Waals surface area contributed by atoms with Crippen LogP contribution in [0.15, 0.2) is 79.4 Å². The highest BCUT2D eigenvalue weighted by molar-refractivity contribution is 5.28. The number of aromatic nitrogens is 2. The lowest BCUT2D eigenvalue weighted by Gasteiger charge is -2.10. The number of hydrogen-bond acceptors (Lipinski definition) is 5. The smallest absolute Gasteiger partial charge is 0.119 e. The minimum absolute atomic E-state index is 0.699. The Hall–Kier alpha value is -3.18. The quantitative estimate of drug-likeness (QED) is 0.508. The van der Waals surface area contributed by atoms with E-state index in [0.29, 0.717) is 6.61 Å². The van der Waals surface area contributed by atoms with Crippen LogP contribution in [-0.2, 0) is 19.4 Å². The van der Waals surface area contributed by atoms with E-state index in [1.165, 1.54) is 16.7 Å². The first-order chi connectivity index (χ1) is 15.1. The molecule has 0 radical (unpaired) electrons. The minimum atomic E-state index is 0.699. The third kappa shape index (κ3) is 9.45. The lowest BCUT2D eigenvalue weighted by atomic mass is 10.1. The number of likely N-dealkylation sites (N-methyl/N-ethyl adjacent to an activating group) is 1. The van der Waals surface area contributed by atoms with Crippen LogP contribution in [0.2, 0.25) is 0 Å². The van der Waals surface area contributed by atoms with E-state index >= 15 is 0 Å². The maximum atomic E-state index is 5.84. The fourth-order valence-electron chi connectivity index (χ4n) is 2.83. The predicted octanol–water partition coefficient (Wildman–Crippen LogP) is 4.48. The topological polar surface area (TPSA) is 59.1 Å². The van der Waals surface area contributed by atoms with Gasteiger partial charge in [-0.25, -0.2) is 0 Å². The molecule has 0 unspecified atom stereocenters. The van der Waals surface area contributed by atoms with E-state index < -0.39 is 0 Å². The van der Waals surface area contributed by atoms with Gasteiger partial charge in [-0.3, -0.25) is 9.97 Å². The molecule has 0 amide bonds. The van der Waals surface area contributed by atoms with Crippen LogP contribution in [-0.4, -0.2) is 30.2 Å². The van der Waals surface area contributed by atoms with E-state index in [1.54, 1.807) is 18.6 Å². The molecule has 1 aromatic heterocycles. The highest BCUT2D eigenvalue weighted by atomic mass is 16.5. The first kappa shape index (κ1) is 24.1. The number of rotatable bonds is 10. The summed E-state index contributed by atoms with van der Waals surface area (Å²) >= 11 is 0. The summed E-state index contributed by atoms with van der Waals surface area (Å²) in [5.74, 6) is 0.918. The molecule has 3 aromatic rings. The van der Waals surface area contributed by atoms with E-state index in [-0.39, 0.29) is 0 Å². The average molecular weight is 419 g/mol. The van der Waals surface area contributed by atoms with Crippen LogP contribution in [0.4, 0.5) is 0 Å². The lowest BCUT2D eigenvalue weighted by molar-refractivity contribution is 0.321. The molecule has 2 N–H and O–H groups in total. The van der Waals surface area contributed by atoms with Crippen molar-refractivity contribution in [3.63, 3.8) is 0 Å². The number of hydrogen-bond donors (Lipinski definition) is 2. The van der Waals surface area contributed by atoms with Gasteiger partial charge in [-0.15, -0.1) is 0 Å². The van der Waals surface area contributed by atoms with Crippen molar-refractivity contribution >= 4 is 0 Å². The standard InChI is InChI=1S/C20H26N2O.C6H8N2/c1-16-6-4-5-7-19(16)12-13-23-20-10-8-18(9-11-20)15-22-14-17(2)21-3;1-2-6-5-7-3-4-8-6/h4-11,21-22H,2,12-15H2,1,3H3;3-5H,2H2,1H3. The maximum Gasteiger partial charge on any atom is 0.119 e. The van der Waals surface area contributed by atoms with Crippen LogP contribution < -0.4 is 15.4 Å². The second kappa shape index (κ2) is 13.9. The zero-order chi connectivity index (χ0) is 22.3. The Morgan fingerprint density at radius 1 is 1.06 bits per heavy atom. The van der Waals surface area contributed by atoms with Gasteiger partial charge in [-0.05, 0) is 42.2 Å². The Morgan fingerprint density at radius 3 is 2.45 bits per heavy atom. The second-order valence-corrected chi connectivity index (χ2v) is 7.18. The predicted molar refractivity (Wildman–Crippen MR) is 128 cm³/mol. The van der Waals surface area contributed by atoms with Crippen molar-refractivity contribution in [2.75, 3.05) is 20.2 Å². The minimum Gasteiger partial charge on any atom is -0.493 e. The largest absolute Gasteiger partial charge is 0.493 e. The molecule has 0 aliphatic carbocycles. The summed E-state index contributed by atoms with van der Waals surface area (Å²) in [5.41, 5.74) is 5.94. The van der Waals surface area contributed by atoms with Crippen molar-refractivity contribution in [1.29, 1.82) is 0 Å². The Kier molecular flexibility index (Phi) is 10.8. The molecule has 0 saturated heterocycles. The van der Waals surface area contributed by atoms with Crippen molar-refractivity contribution in [2.45, 2.75) is 33.2 Å². The van der Waals surface area contributed by atoms with Crippen LogP contribution in [0.25, 0.3) is 0 Å². The molecular weight excluding hydrogens is 384 g/mol. The lowest BCUT2D eigenvalue weighted by Crippen LogP contribution is -2.21. The van der Waals surface area contributed by atoms with Gasteiger partial charge in [-0.1, -0.05) is 49.9 Å². The molecule has 5 nitrogen and oxygen atoms in total. The molecule has 1 heterocycles. The van der Waals surface area contributed by atoms with E-state index in [9.17, 15) is 0 Å². The third-order valence-corrected chi connectivity index (χ3v) is 4.82. The van der Waals surface area contributed by atoms with Gasteiger partial charge in [0.05, 0.1) is 12.3 Å². The van der Waals surface area contributed by atoms with E-state index in [4.69, 9.17) is 4.74 Å². The highest BCUT2D eigenvalue weighted by Gasteiger charge is 1.99. The number of nitrogens with one attached hydrogen (secondary N) is 2. The summed E-state index contributed by atoms with van der Waals surface area (Å²) in [6, 6.07) is 16.7. The SMILES string of the molecule is C=C(CNCc1ccc(OCCc2ccccc2C)cc1)NC.CCc1cnccn1.